The Morgan fingerprint density at radius 2 is 2.00 bits per heavy atom. The number of aromatic nitrogens is 1. The van der Waals surface area contributed by atoms with Crippen molar-refractivity contribution >= 4 is 11.8 Å². The van der Waals surface area contributed by atoms with Gasteiger partial charge in [-0.15, -0.1) is 0 Å². The lowest BCUT2D eigenvalue weighted by Gasteiger charge is -2.29. The molecule has 2 atom stereocenters. The van der Waals surface area contributed by atoms with Crippen molar-refractivity contribution in [1.82, 2.24) is 15.4 Å². The molecule has 0 aromatic carbocycles. The van der Waals surface area contributed by atoms with Gasteiger partial charge in [-0.05, 0) is 39.0 Å². The third-order valence-corrected chi connectivity index (χ3v) is 7.03. The number of carbonyl (C=O) groups excluding carboxylic acids is 2. The van der Waals surface area contributed by atoms with E-state index in [1.807, 2.05) is 55.2 Å². The monoisotopic (exact) mass is 409 g/mol. The molecule has 0 radical (unpaired) electrons. The van der Waals surface area contributed by atoms with Crippen LogP contribution in [0.2, 0.25) is 0 Å². The van der Waals surface area contributed by atoms with Crippen LogP contribution in [0.25, 0.3) is 0 Å². The molecule has 2 fully saturated rings. The van der Waals surface area contributed by atoms with Crippen LogP contribution in [-0.2, 0) is 16.0 Å². The predicted molar refractivity (Wildman–Crippen MR) is 115 cm³/mol. The van der Waals surface area contributed by atoms with E-state index in [1.54, 1.807) is 0 Å². The number of amides is 2. The van der Waals surface area contributed by atoms with E-state index in [0.29, 0.717) is 25.3 Å². The van der Waals surface area contributed by atoms with Gasteiger partial charge in [-0.2, -0.15) is 0 Å². The summed E-state index contributed by atoms with van der Waals surface area (Å²) in [4.78, 5) is 27.6. The molecule has 2 aliphatic carbocycles. The summed E-state index contributed by atoms with van der Waals surface area (Å²) >= 11 is 0. The number of likely N-dealkylation sites (tertiary alicyclic amines) is 1. The minimum Gasteiger partial charge on any atom is -0.361 e. The van der Waals surface area contributed by atoms with Gasteiger partial charge in [-0.1, -0.05) is 48.0 Å². The van der Waals surface area contributed by atoms with Gasteiger partial charge in [0.15, 0.2) is 0 Å². The highest BCUT2D eigenvalue weighted by Crippen LogP contribution is 2.48. The van der Waals surface area contributed by atoms with E-state index in [2.05, 4.69) is 10.5 Å². The quantitative estimate of drug-likeness (QED) is 0.782. The molecule has 1 N–H and O–H groups in total. The number of fused-ring (bicyclic) bond motifs is 1. The molecule has 4 rings (SSSR count). The molecule has 1 aromatic rings. The summed E-state index contributed by atoms with van der Waals surface area (Å²) < 4.78 is 5.18. The van der Waals surface area contributed by atoms with Crippen LogP contribution in [-0.4, -0.2) is 41.5 Å². The predicted octanol–water partition coefficient (Wildman–Crippen LogP) is 3.27. The molecule has 0 spiro atoms. The second-order valence-electron chi connectivity index (χ2n) is 8.93. The molecule has 2 heterocycles. The number of hydrogen-bond donors (Lipinski definition) is 1. The molecule has 0 unspecified atom stereocenters. The number of allylic oxidation sites excluding steroid dienone is 4. The molecule has 1 saturated heterocycles. The third-order valence-electron chi connectivity index (χ3n) is 7.03. The summed E-state index contributed by atoms with van der Waals surface area (Å²) in [6.07, 6.45) is 16.1. The Kier molecular flexibility index (Phi) is 5.93. The molecule has 0 bridgehead atoms. The molecule has 30 heavy (non-hydrogen) atoms. The highest BCUT2D eigenvalue weighted by atomic mass is 16.5. The average molecular weight is 410 g/mol. The van der Waals surface area contributed by atoms with Crippen molar-refractivity contribution in [2.45, 2.75) is 46.0 Å². The van der Waals surface area contributed by atoms with E-state index in [4.69, 9.17) is 4.52 Å². The van der Waals surface area contributed by atoms with Crippen LogP contribution < -0.4 is 5.32 Å². The van der Waals surface area contributed by atoms with Crippen molar-refractivity contribution in [3.05, 3.63) is 53.5 Å². The second-order valence-corrected chi connectivity index (χ2v) is 8.93. The molecule has 2 amide bonds. The minimum absolute atomic E-state index is 0.0186. The van der Waals surface area contributed by atoms with Crippen molar-refractivity contribution in [3.63, 3.8) is 0 Å². The maximum Gasteiger partial charge on any atom is 0.233 e. The van der Waals surface area contributed by atoms with Gasteiger partial charge in [-0.25, -0.2) is 0 Å². The van der Waals surface area contributed by atoms with E-state index in [1.165, 1.54) is 6.42 Å². The molecule has 1 aliphatic heterocycles. The number of aryl methyl sites for hydroxylation is 2. The lowest BCUT2D eigenvalue weighted by atomic mass is 9.80. The standard InChI is InChI=1S/C24H31N3O3/c1-17-21(18(2)30-26-17)11-12-22(28)25-15-24-13-7-10-20(24)14-27(16-24)23(29)19-8-5-3-4-6-9-19/h3-6,8-9,19-20H,7,10-16H2,1-2H3,(H,25,28)/t20-,24-/m0/s1. The second kappa shape index (κ2) is 8.62. The Morgan fingerprint density at radius 3 is 2.70 bits per heavy atom. The van der Waals surface area contributed by atoms with Crippen LogP contribution in [0.3, 0.4) is 0 Å². The fourth-order valence-electron chi connectivity index (χ4n) is 5.27. The first-order chi connectivity index (χ1) is 14.5. The molecule has 160 valence electrons. The largest absolute Gasteiger partial charge is 0.361 e. The van der Waals surface area contributed by atoms with E-state index >= 15 is 0 Å². The summed E-state index contributed by atoms with van der Waals surface area (Å²) in [5.41, 5.74) is 1.90. The number of nitrogens with zero attached hydrogens (tertiary/aromatic N) is 2. The Labute approximate surface area is 178 Å². The first-order valence-corrected chi connectivity index (χ1v) is 11.0. The fraction of sp³-hybridized carbons (Fsp3) is 0.542. The molecule has 3 aliphatic rings. The van der Waals surface area contributed by atoms with Crippen molar-refractivity contribution < 1.29 is 14.1 Å². The van der Waals surface area contributed by atoms with Gasteiger partial charge in [0.1, 0.15) is 5.76 Å². The Balaban J connectivity index is 1.33. The lowest BCUT2D eigenvalue weighted by Crippen LogP contribution is -2.42. The first-order valence-electron chi connectivity index (χ1n) is 11.0. The molecule has 1 saturated carbocycles. The number of hydrogen-bond acceptors (Lipinski definition) is 4. The van der Waals surface area contributed by atoms with Crippen LogP contribution in [0.1, 0.15) is 42.7 Å². The molecular formula is C24H31N3O3. The van der Waals surface area contributed by atoms with Gasteiger partial charge in [-0.3, -0.25) is 9.59 Å². The van der Waals surface area contributed by atoms with Crippen molar-refractivity contribution in [3.8, 4) is 0 Å². The van der Waals surface area contributed by atoms with Crippen LogP contribution >= 0.6 is 0 Å². The maximum atomic E-state index is 13.1. The summed E-state index contributed by atoms with van der Waals surface area (Å²) in [7, 11) is 0. The molecule has 6 heteroatoms. The van der Waals surface area contributed by atoms with Crippen molar-refractivity contribution in [2.24, 2.45) is 17.3 Å². The number of nitrogens with one attached hydrogen (secondary N) is 1. The zero-order valence-corrected chi connectivity index (χ0v) is 17.9. The molecule has 1 aromatic heterocycles. The van der Waals surface area contributed by atoms with Crippen LogP contribution in [0, 0.1) is 31.1 Å². The van der Waals surface area contributed by atoms with Crippen LogP contribution in [0.5, 0.6) is 0 Å². The van der Waals surface area contributed by atoms with Crippen LogP contribution in [0.15, 0.2) is 41.0 Å². The molecule has 6 nitrogen and oxygen atoms in total. The first kappa shape index (κ1) is 20.6. The van der Waals surface area contributed by atoms with Gasteiger partial charge in [0, 0.05) is 37.0 Å². The van der Waals surface area contributed by atoms with Crippen molar-refractivity contribution in [1.29, 1.82) is 0 Å². The Bertz CT molecular complexity index is 862. The van der Waals surface area contributed by atoms with Crippen LogP contribution in [0.4, 0.5) is 0 Å². The highest BCUT2D eigenvalue weighted by molar-refractivity contribution is 5.83. The maximum absolute atomic E-state index is 13.1. The minimum atomic E-state index is -0.194. The lowest BCUT2D eigenvalue weighted by molar-refractivity contribution is -0.132. The SMILES string of the molecule is Cc1noc(C)c1CCC(=O)NC[C@]12CCC[C@H]1CN(C(=O)C1C=CC=CC=C1)C2. The summed E-state index contributed by atoms with van der Waals surface area (Å²) in [6.45, 7) is 5.99. The number of carbonyl (C=O) groups is 2. The van der Waals surface area contributed by atoms with Gasteiger partial charge < -0.3 is 14.7 Å². The highest BCUT2D eigenvalue weighted by Gasteiger charge is 2.50. The van der Waals surface area contributed by atoms with E-state index in [-0.39, 0.29) is 23.1 Å². The van der Waals surface area contributed by atoms with E-state index < -0.39 is 0 Å². The number of rotatable bonds is 6. The van der Waals surface area contributed by atoms with Crippen molar-refractivity contribution in [2.75, 3.05) is 19.6 Å². The van der Waals surface area contributed by atoms with E-state index in [9.17, 15) is 9.59 Å². The summed E-state index contributed by atoms with van der Waals surface area (Å²) in [5.74, 6) is 1.29. The van der Waals surface area contributed by atoms with Gasteiger partial charge >= 0.3 is 0 Å². The third kappa shape index (κ3) is 4.13. The fourth-order valence-corrected chi connectivity index (χ4v) is 5.27. The van der Waals surface area contributed by atoms with Gasteiger partial charge in [0.2, 0.25) is 11.8 Å². The zero-order chi connectivity index (χ0) is 21.1. The summed E-state index contributed by atoms with van der Waals surface area (Å²) in [5, 5.41) is 7.13. The van der Waals surface area contributed by atoms with Gasteiger partial charge in [0.25, 0.3) is 0 Å². The van der Waals surface area contributed by atoms with E-state index in [0.717, 1.165) is 42.9 Å². The Morgan fingerprint density at radius 1 is 1.23 bits per heavy atom. The van der Waals surface area contributed by atoms with Gasteiger partial charge in [0.05, 0.1) is 11.6 Å². The topological polar surface area (TPSA) is 75.4 Å². The Hall–Kier alpha value is -2.63. The smallest absolute Gasteiger partial charge is 0.233 e. The average Bonchev–Trinajstić information content (AvgIpc) is 3.28. The molecular weight excluding hydrogens is 378 g/mol. The normalized spacial score (nSPS) is 25.5. The zero-order valence-electron chi connectivity index (χ0n) is 17.9. The summed E-state index contributed by atoms with van der Waals surface area (Å²) in [6, 6.07) is 0.